The van der Waals surface area contributed by atoms with Crippen LogP contribution in [0.1, 0.15) is 28.4 Å². The topological polar surface area (TPSA) is 67.4 Å². The molecule has 0 aliphatic heterocycles. The van der Waals surface area contributed by atoms with Crippen LogP contribution in [-0.4, -0.2) is 31.0 Å². The lowest BCUT2D eigenvalue weighted by Crippen LogP contribution is -2.40. The molecule has 26 heavy (non-hydrogen) atoms. The maximum Gasteiger partial charge on any atom is 0.260 e. The van der Waals surface area contributed by atoms with E-state index in [0.717, 1.165) is 5.56 Å². The number of benzene rings is 2. The van der Waals surface area contributed by atoms with Crippen molar-refractivity contribution in [3.8, 4) is 5.75 Å². The van der Waals surface area contributed by atoms with Crippen LogP contribution in [0.5, 0.6) is 5.75 Å². The normalized spacial score (nSPS) is 11.5. The number of carbonyl (C=O) groups excluding carboxylic acids is 2. The molecule has 0 saturated heterocycles. The Morgan fingerprint density at radius 3 is 2.35 bits per heavy atom. The molecule has 0 radical (unpaired) electrons. The van der Waals surface area contributed by atoms with Crippen LogP contribution in [-0.2, 0) is 4.79 Å². The Morgan fingerprint density at radius 2 is 1.69 bits per heavy atom. The molecule has 2 rings (SSSR count). The van der Waals surface area contributed by atoms with E-state index in [1.807, 2.05) is 19.1 Å². The molecule has 2 aromatic rings. The Balaban J connectivity index is 1.72. The molecule has 2 N–H and O–H groups in total. The Hall–Kier alpha value is -2.89. The Kier molecular flexibility index (Phi) is 6.72. The van der Waals surface area contributed by atoms with Crippen molar-refractivity contribution in [2.45, 2.75) is 26.9 Å². The van der Waals surface area contributed by atoms with Gasteiger partial charge in [-0.05, 0) is 50.6 Å². The van der Waals surface area contributed by atoms with E-state index in [1.54, 1.807) is 38.1 Å². The van der Waals surface area contributed by atoms with Crippen LogP contribution >= 0.6 is 0 Å². The second-order valence-corrected chi connectivity index (χ2v) is 6.08. The molecule has 0 aromatic heterocycles. The van der Waals surface area contributed by atoms with Crippen LogP contribution in [0.3, 0.4) is 0 Å². The molecule has 0 aliphatic carbocycles. The minimum Gasteiger partial charge on any atom is -0.481 e. The number of nitrogens with one attached hydrogen (secondary N) is 2. The van der Waals surface area contributed by atoms with E-state index < -0.39 is 11.9 Å². The van der Waals surface area contributed by atoms with Gasteiger partial charge in [0, 0.05) is 18.7 Å². The second-order valence-electron chi connectivity index (χ2n) is 6.08. The molecule has 5 nitrogen and oxygen atoms in total. The van der Waals surface area contributed by atoms with Gasteiger partial charge in [-0.1, -0.05) is 23.8 Å². The van der Waals surface area contributed by atoms with Gasteiger partial charge < -0.3 is 15.4 Å². The summed E-state index contributed by atoms with van der Waals surface area (Å²) in [6.45, 7) is 5.74. The predicted molar refractivity (Wildman–Crippen MR) is 97.7 cm³/mol. The van der Waals surface area contributed by atoms with Crippen LogP contribution in [0.15, 0.2) is 42.5 Å². The predicted octanol–water partition coefficient (Wildman–Crippen LogP) is 2.76. The van der Waals surface area contributed by atoms with E-state index >= 15 is 0 Å². The number of hydrogen-bond acceptors (Lipinski definition) is 3. The molecule has 0 fully saturated rings. The molecule has 2 amide bonds. The number of aryl methyl sites for hydroxylation is 2. The van der Waals surface area contributed by atoms with Crippen molar-refractivity contribution in [2.24, 2.45) is 0 Å². The fraction of sp³-hybridized carbons (Fsp3) is 0.300. The average Bonchev–Trinajstić information content (AvgIpc) is 2.62. The summed E-state index contributed by atoms with van der Waals surface area (Å²) in [5, 5.41) is 5.32. The SMILES string of the molecule is Cc1ccc(OC(C)C(=O)NCCNC(=O)c2ccc(C)c(F)c2)cc1. The summed E-state index contributed by atoms with van der Waals surface area (Å²) in [6.07, 6.45) is -0.653. The van der Waals surface area contributed by atoms with Gasteiger partial charge in [0.2, 0.25) is 0 Å². The number of carbonyl (C=O) groups is 2. The summed E-state index contributed by atoms with van der Waals surface area (Å²) in [5.41, 5.74) is 1.84. The van der Waals surface area contributed by atoms with Gasteiger partial charge in [0.1, 0.15) is 11.6 Å². The summed E-state index contributed by atoms with van der Waals surface area (Å²) in [7, 11) is 0. The van der Waals surface area contributed by atoms with Crippen molar-refractivity contribution in [1.29, 1.82) is 0 Å². The molecule has 0 heterocycles. The first kappa shape index (κ1) is 19.4. The molecule has 6 heteroatoms. The van der Waals surface area contributed by atoms with Gasteiger partial charge in [-0.2, -0.15) is 0 Å². The third-order valence-corrected chi connectivity index (χ3v) is 3.85. The molecule has 2 aromatic carbocycles. The first-order valence-corrected chi connectivity index (χ1v) is 8.42. The van der Waals surface area contributed by atoms with Crippen molar-refractivity contribution < 1.29 is 18.7 Å². The highest BCUT2D eigenvalue weighted by Crippen LogP contribution is 2.13. The molecule has 0 bridgehead atoms. The maximum absolute atomic E-state index is 13.5. The van der Waals surface area contributed by atoms with E-state index in [4.69, 9.17) is 4.74 Å². The van der Waals surface area contributed by atoms with Crippen molar-refractivity contribution >= 4 is 11.8 Å². The van der Waals surface area contributed by atoms with Crippen molar-refractivity contribution in [1.82, 2.24) is 10.6 Å². The van der Waals surface area contributed by atoms with Crippen LogP contribution < -0.4 is 15.4 Å². The first-order chi connectivity index (χ1) is 12.4. The van der Waals surface area contributed by atoms with Crippen LogP contribution in [0.2, 0.25) is 0 Å². The fourth-order valence-electron chi connectivity index (χ4n) is 2.22. The zero-order chi connectivity index (χ0) is 19.1. The maximum atomic E-state index is 13.5. The number of halogens is 1. The van der Waals surface area contributed by atoms with Crippen molar-refractivity contribution in [2.75, 3.05) is 13.1 Å². The van der Waals surface area contributed by atoms with E-state index in [0.29, 0.717) is 11.3 Å². The number of hydrogen-bond donors (Lipinski definition) is 2. The van der Waals surface area contributed by atoms with Gasteiger partial charge in [-0.15, -0.1) is 0 Å². The molecule has 0 aliphatic rings. The first-order valence-electron chi connectivity index (χ1n) is 8.42. The van der Waals surface area contributed by atoms with Gasteiger partial charge in [0.05, 0.1) is 0 Å². The monoisotopic (exact) mass is 358 g/mol. The smallest absolute Gasteiger partial charge is 0.260 e. The Morgan fingerprint density at radius 1 is 1.04 bits per heavy atom. The second kappa shape index (κ2) is 8.99. The van der Waals surface area contributed by atoms with Crippen LogP contribution in [0.4, 0.5) is 4.39 Å². The summed E-state index contributed by atoms with van der Waals surface area (Å²) >= 11 is 0. The molecule has 1 unspecified atom stereocenters. The van der Waals surface area contributed by atoms with Gasteiger partial charge >= 0.3 is 0 Å². The van der Waals surface area contributed by atoms with Gasteiger partial charge in [-0.3, -0.25) is 9.59 Å². The summed E-state index contributed by atoms with van der Waals surface area (Å²) in [6, 6.07) is 11.7. The Bertz CT molecular complexity index is 775. The fourth-order valence-corrected chi connectivity index (χ4v) is 2.22. The zero-order valence-corrected chi connectivity index (χ0v) is 15.1. The zero-order valence-electron chi connectivity index (χ0n) is 15.1. The minimum absolute atomic E-state index is 0.233. The van der Waals surface area contributed by atoms with E-state index in [9.17, 15) is 14.0 Å². The molecule has 0 spiro atoms. The van der Waals surface area contributed by atoms with Crippen LogP contribution in [0, 0.1) is 19.7 Å². The van der Waals surface area contributed by atoms with Crippen molar-refractivity contribution in [3.63, 3.8) is 0 Å². The lowest BCUT2D eigenvalue weighted by molar-refractivity contribution is -0.127. The quantitative estimate of drug-likeness (QED) is 0.748. The molecule has 138 valence electrons. The van der Waals surface area contributed by atoms with Gasteiger partial charge in [-0.25, -0.2) is 4.39 Å². The highest BCUT2D eigenvalue weighted by Gasteiger charge is 2.14. The highest BCUT2D eigenvalue weighted by atomic mass is 19.1. The third kappa shape index (κ3) is 5.58. The largest absolute Gasteiger partial charge is 0.481 e. The average molecular weight is 358 g/mol. The van der Waals surface area contributed by atoms with Gasteiger partial charge in [0.15, 0.2) is 6.10 Å². The van der Waals surface area contributed by atoms with E-state index in [1.165, 1.54) is 6.07 Å². The van der Waals surface area contributed by atoms with Crippen LogP contribution in [0.25, 0.3) is 0 Å². The lowest BCUT2D eigenvalue weighted by atomic mass is 10.1. The number of amides is 2. The van der Waals surface area contributed by atoms with E-state index in [-0.39, 0.29) is 30.5 Å². The lowest BCUT2D eigenvalue weighted by Gasteiger charge is -2.15. The highest BCUT2D eigenvalue weighted by molar-refractivity contribution is 5.94. The standard InChI is InChI=1S/C20H23FN2O3/c1-13-4-8-17(9-5-13)26-15(3)19(24)22-10-11-23-20(25)16-7-6-14(2)18(21)12-16/h4-9,12,15H,10-11H2,1-3H3,(H,22,24)(H,23,25). The summed E-state index contributed by atoms with van der Waals surface area (Å²) in [5.74, 6) is -0.468. The molecular formula is C20H23FN2O3. The van der Waals surface area contributed by atoms with E-state index in [2.05, 4.69) is 10.6 Å². The minimum atomic E-state index is -0.653. The molecular weight excluding hydrogens is 335 g/mol. The number of rotatable bonds is 7. The number of ether oxygens (including phenoxy) is 1. The Labute approximate surface area is 152 Å². The summed E-state index contributed by atoms with van der Waals surface area (Å²) in [4.78, 5) is 24.0. The summed E-state index contributed by atoms with van der Waals surface area (Å²) < 4.78 is 19.0. The van der Waals surface area contributed by atoms with Crippen molar-refractivity contribution in [3.05, 3.63) is 65.0 Å². The molecule has 0 saturated carbocycles. The third-order valence-electron chi connectivity index (χ3n) is 3.85. The van der Waals surface area contributed by atoms with Gasteiger partial charge in [0.25, 0.3) is 11.8 Å². The molecule has 1 atom stereocenters.